The Labute approximate surface area is 94.3 Å². The van der Waals surface area contributed by atoms with Gasteiger partial charge >= 0.3 is 6.09 Å². The van der Waals surface area contributed by atoms with E-state index in [9.17, 15) is 4.79 Å². The van der Waals surface area contributed by atoms with Gasteiger partial charge in [0.2, 0.25) is 0 Å². The van der Waals surface area contributed by atoms with Crippen molar-refractivity contribution in [2.45, 2.75) is 18.9 Å². The first-order valence-electron chi connectivity index (χ1n) is 5.59. The van der Waals surface area contributed by atoms with Crippen LogP contribution < -0.4 is 0 Å². The Morgan fingerprint density at radius 3 is 2.88 bits per heavy atom. The molecule has 1 amide bonds. The molecule has 0 bridgehead atoms. The molecule has 3 rings (SSSR count). The topological polar surface area (TPSA) is 29.5 Å². The van der Waals surface area contributed by atoms with Crippen LogP contribution in [0.5, 0.6) is 0 Å². The maximum Gasteiger partial charge on any atom is 0.415 e. The first-order valence-corrected chi connectivity index (χ1v) is 5.59. The molecule has 1 unspecified atom stereocenters. The Bertz CT molecular complexity index is 439. The van der Waals surface area contributed by atoms with Crippen LogP contribution in [0.25, 0.3) is 0 Å². The van der Waals surface area contributed by atoms with Crippen molar-refractivity contribution in [3.05, 3.63) is 47.7 Å². The number of allylic oxidation sites excluding steroid dienone is 1. The van der Waals surface area contributed by atoms with Crippen molar-refractivity contribution in [1.82, 2.24) is 4.90 Å². The second-order valence-corrected chi connectivity index (χ2v) is 4.10. The van der Waals surface area contributed by atoms with Crippen LogP contribution in [-0.4, -0.2) is 17.5 Å². The molecule has 1 aromatic rings. The Kier molecular flexibility index (Phi) is 2.17. The van der Waals surface area contributed by atoms with Crippen molar-refractivity contribution in [1.29, 1.82) is 0 Å². The van der Waals surface area contributed by atoms with E-state index in [1.165, 1.54) is 0 Å². The number of nitrogens with zero attached hydrogens (tertiary/aromatic N) is 1. The highest BCUT2D eigenvalue weighted by molar-refractivity contribution is 5.74. The molecule has 82 valence electrons. The number of hydrogen-bond acceptors (Lipinski definition) is 2. The van der Waals surface area contributed by atoms with Gasteiger partial charge in [0.15, 0.2) is 6.10 Å². The van der Waals surface area contributed by atoms with Gasteiger partial charge in [0, 0.05) is 6.54 Å². The zero-order valence-corrected chi connectivity index (χ0v) is 8.93. The Morgan fingerprint density at radius 1 is 1.25 bits per heavy atom. The summed E-state index contributed by atoms with van der Waals surface area (Å²) in [6, 6.07) is 9.89. The van der Waals surface area contributed by atoms with Gasteiger partial charge in [0.1, 0.15) is 0 Å². The molecule has 2 aliphatic heterocycles. The van der Waals surface area contributed by atoms with Gasteiger partial charge < -0.3 is 4.74 Å². The zero-order valence-electron chi connectivity index (χ0n) is 8.93. The molecule has 0 radical (unpaired) electrons. The van der Waals surface area contributed by atoms with Crippen molar-refractivity contribution in [3.8, 4) is 0 Å². The number of carbonyl (C=O) groups excluding carboxylic acids is 1. The summed E-state index contributed by atoms with van der Waals surface area (Å²) in [5, 5.41) is 0. The molecule has 1 atom stereocenters. The van der Waals surface area contributed by atoms with Crippen LogP contribution in [0.1, 0.15) is 24.5 Å². The van der Waals surface area contributed by atoms with Gasteiger partial charge in [-0.25, -0.2) is 4.79 Å². The lowest BCUT2D eigenvalue weighted by atomic mass is 10.0. The van der Waals surface area contributed by atoms with E-state index in [1.54, 1.807) is 4.90 Å². The second-order valence-electron chi connectivity index (χ2n) is 4.10. The molecule has 1 aromatic carbocycles. The molecular weight excluding hydrogens is 202 g/mol. The summed E-state index contributed by atoms with van der Waals surface area (Å²) in [6.45, 7) is 0.786. The highest BCUT2D eigenvalue weighted by Gasteiger charge is 2.38. The number of fused-ring (bicyclic) bond motifs is 1. The van der Waals surface area contributed by atoms with Gasteiger partial charge in [-0.05, 0) is 18.4 Å². The van der Waals surface area contributed by atoms with E-state index < -0.39 is 0 Å². The lowest BCUT2D eigenvalue weighted by Crippen LogP contribution is -2.26. The number of carbonyl (C=O) groups is 1. The summed E-state index contributed by atoms with van der Waals surface area (Å²) in [7, 11) is 0. The van der Waals surface area contributed by atoms with E-state index in [0.29, 0.717) is 0 Å². The predicted octanol–water partition coefficient (Wildman–Crippen LogP) is 2.86. The number of hydrogen-bond donors (Lipinski definition) is 0. The van der Waals surface area contributed by atoms with Crippen molar-refractivity contribution in [2.75, 3.05) is 6.54 Å². The highest BCUT2D eigenvalue weighted by Crippen LogP contribution is 2.37. The first kappa shape index (κ1) is 9.46. The van der Waals surface area contributed by atoms with Crippen LogP contribution in [0.15, 0.2) is 42.1 Å². The molecule has 0 spiro atoms. The molecule has 3 nitrogen and oxygen atoms in total. The van der Waals surface area contributed by atoms with E-state index in [1.807, 2.05) is 30.3 Å². The average Bonchev–Trinajstić information content (AvgIpc) is 2.69. The number of benzene rings is 1. The summed E-state index contributed by atoms with van der Waals surface area (Å²) >= 11 is 0. The number of amides is 1. The SMILES string of the molecule is O=C1OC(c2ccccc2)C2=CCCCN12. The van der Waals surface area contributed by atoms with Gasteiger partial charge in [0.05, 0.1) is 5.70 Å². The van der Waals surface area contributed by atoms with Gasteiger partial charge in [-0.2, -0.15) is 0 Å². The minimum Gasteiger partial charge on any atom is -0.434 e. The molecule has 3 heteroatoms. The third-order valence-electron chi connectivity index (χ3n) is 3.06. The predicted molar refractivity (Wildman–Crippen MR) is 59.7 cm³/mol. The smallest absolute Gasteiger partial charge is 0.415 e. The normalized spacial score (nSPS) is 23.8. The standard InChI is InChI=1S/C13H13NO2/c15-13-14-9-5-4-8-11(14)12(16-13)10-6-2-1-3-7-10/h1-3,6-8,12H,4-5,9H2. The Hall–Kier alpha value is -1.77. The van der Waals surface area contributed by atoms with E-state index in [0.717, 1.165) is 30.6 Å². The molecule has 0 aromatic heterocycles. The van der Waals surface area contributed by atoms with Crippen LogP contribution in [0.3, 0.4) is 0 Å². The molecule has 1 fully saturated rings. The summed E-state index contributed by atoms with van der Waals surface area (Å²) in [6.07, 6.45) is 3.77. The fourth-order valence-corrected chi connectivity index (χ4v) is 2.28. The summed E-state index contributed by atoms with van der Waals surface area (Å²) < 4.78 is 5.41. The van der Waals surface area contributed by atoms with Crippen molar-refractivity contribution >= 4 is 6.09 Å². The van der Waals surface area contributed by atoms with Gasteiger partial charge in [-0.1, -0.05) is 36.4 Å². The van der Waals surface area contributed by atoms with E-state index >= 15 is 0 Å². The minimum atomic E-state index is -0.209. The van der Waals surface area contributed by atoms with Crippen molar-refractivity contribution < 1.29 is 9.53 Å². The third-order valence-corrected chi connectivity index (χ3v) is 3.06. The molecule has 16 heavy (non-hydrogen) atoms. The minimum absolute atomic E-state index is 0.200. The van der Waals surface area contributed by atoms with Gasteiger partial charge in [0.25, 0.3) is 0 Å². The van der Waals surface area contributed by atoms with Gasteiger partial charge in [-0.3, -0.25) is 4.90 Å². The monoisotopic (exact) mass is 215 g/mol. The van der Waals surface area contributed by atoms with E-state index in [4.69, 9.17) is 4.74 Å². The highest BCUT2D eigenvalue weighted by atomic mass is 16.6. The zero-order chi connectivity index (χ0) is 11.0. The van der Waals surface area contributed by atoms with Gasteiger partial charge in [-0.15, -0.1) is 0 Å². The molecular formula is C13H13NO2. The van der Waals surface area contributed by atoms with E-state index in [2.05, 4.69) is 6.08 Å². The lowest BCUT2D eigenvalue weighted by molar-refractivity contribution is 0.134. The summed E-state index contributed by atoms with van der Waals surface area (Å²) in [4.78, 5) is 13.4. The third kappa shape index (κ3) is 1.40. The van der Waals surface area contributed by atoms with Crippen LogP contribution in [-0.2, 0) is 4.74 Å². The quantitative estimate of drug-likeness (QED) is 0.721. The largest absolute Gasteiger partial charge is 0.434 e. The maximum absolute atomic E-state index is 11.7. The second kappa shape index (κ2) is 3.67. The fourth-order valence-electron chi connectivity index (χ4n) is 2.28. The van der Waals surface area contributed by atoms with Crippen LogP contribution in [0.4, 0.5) is 4.79 Å². The Balaban J connectivity index is 1.98. The molecule has 0 aliphatic carbocycles. The molecule has 0 N–H and O–H groups in total. The van der Waals surface area contributed by atoms with Crippen LogP contribution >= 0.6 is 0 Å². The molecule has 2 heterocycles. The maximum atomic E-state index is 11.7. The van der Waals surface area contributed by atoms with Crippen LogP contribution in [0, 0.1) is 0 Å². The lowest BCUT2D eigenvalue weighted by Gasteiger charge is -2.20. The number of cyclic esters (lactones) is 1. The summed E-state index contributed by atoms with van der Waals surface area (Å²) in [5.41, 5.74) is 2.06. The van der Waals surface area contributed by atoms with Crippen LogP contribution in [0.2, 0.25) is 0 Å². The molecule has 0 saturated carbocycles. The Morgan fingerprint density at radius 2 is 2.06 bits per heavy atom. The van der Waals surface area contributed by atoms with Crippen molar-refractivity contribution in [2.24, 2.45) is 0 Å². The molecule has 1 saturated heterocycles. The van der Waals surface area contributed by atoms with Crippen molar-refractivity contribution in [3.63, 3.8) is 0 Å². The van der Waals surface area contributed by atoms with E-state index in [-0.39, 0.29) is 12.2 Å². The molecule has 2 aliphatic rings. The summed E-state index contributed by atoms with van der Waals surface area (Å²) in [5.74, 6) is 0. The fraction of sp³-hybridized carbons (Fsp3) is 0.308. The average molecular weight is 215 g/mol. The first-order chi connectivity index (χ1) is 7.86. The number of rotatable bonds is 1. The number of ether oxygens (including phenoxy) is 1.